The van der Waals surface area contributed by atoms with E-state index in [1.54, 1.807) is 16.8 Å². The average molecular weight is 385 g/mol. The van der Waals surface area contributed by atoms with E-state index in [0.29, 0.717) is 13.1 Å². The van der Waals surface area contributed by atoms with Crippen molar-refractivity contribution in [1.29, 1.82) is 0 Å². The minimum absolute atomic E-state index is 0.0228. The highest BCUT2D eigenvalue weighted by molar-refractivity contribution is 7.12. The maximum absolute atomic E-state index is 12.8. The van der Waals surface area contributed by atoms with Gasteiger partial charge in [0.2, 0.25) is 0 Å². The third-order valence-corrected chi connectivity index (χ3v) is 6.33. The number of carbonyl (C=O) groups is 2. The molecule has 0 spiro atoms. The van der Waals surface area contributed by atoms with Crippen LogP contribution >= 0.6 is 11.3 Å². The van der Waals surface area contributed by atoms with Crippen molar-refractivity contribution in [1.82, 2.24) is 9.80 Å². The van der Waals surface area contributed by atoms with Crippen LogP contribution in [0.15, 0.2) is 29.6 Å². The summed E-state index contributed by atoms with van der Waals surface area (Å²) in [6.45, 7) is 3.10. The number of aryl methyl sites for hydroxylation is 3. The molecule has 0 saturated carbocycles. The van der Waals surface area contributed by atoms with Gasteiger partial charge in [0, 0.05) is 32.7 Å². The summed E-state index contributed by atoms with van der Waals surface area (Å²) >= 11 is 1.49. The smallest absolute Gasteiger partial charge is 0.264 e. The average Bonchev–Trinajstić information content (AvgIpc) is 3.19. The third kappa shape index (κ3) is 4.41. The number of amides is 2. The van der Waals surface area contributed by atoms with Gasteiger partial charge in [0.1, 0.15) is 0 Å². The predicted octanol–water partition coefficient (Wildman–Crippen LogP) is 4.03. The van der Waals surface area contributed by atoms with Crippen LogP contribution in [0.3, 0.4) is 0 Å². The van der Waals surface area contributed by atoms with Crippen LogP contribution in [-0.4, -0.2) is 48.8 Å². The lowest BCUT2D eigenvalue weighted by Gasteiger charge is -2.23. The Bertz CT molecular complexity index is 827. The first-order valence-electron chi connectivity index (χ1n) is 9.70. The van der Waals surface area contributed by atoms with E-state index in [1.807, 2.05) is 24.6 Å². The Kier molecular flexibility index (Phi) is 6.32. The Balaban J connectivity index is 1.59. The SMILES string of the molecule is CCc1ccsc1C(=O)N(C)CCN(C)C(=O)c1ccc2c(c1)CCCC2. The first kappa shape index (κ1) is 19.6. The minimum Gasteiger partial charge on any atom is -0.340 e. The van der Waals surface area contributed by atoms with Crippen molar-refractivity contribution < 1.29 is 9.59 Å². The van der Waals surface area contributed by atoms with Gasteiger partial charge in [-0.1, -0.05) is 13.0 Å². The first-order chi connectivity index (χ1) is 13.0. The molecule has 0 radical (unpaired) electrons. The lowest BCUT2D eigenvalue weighted by molar-refractivity contribution is 0.0720. The summed E-state index contributed by atoms with van der Waals surface area (Å²) in [5, 5.41) is 1.96. The van der Waals surface area contributed by atoms with E-state index >= 15 is 0 Å². The van der Waals surface area contributed by atoms with Gasteiger partial charge >= 0.3 is 0 Å². The zero-order chi connectivity index (χ0) is 19.4. The van der Waals surface area contributed by atoms with Crippen molar-refractivity contribution in [2.75, 3.05) is 27.2 Å². The van der Waals surface area contributed by atoms with Gasteiger partial charge in [-0.15, -0.1) is 11.3 Å². The van der Waals surface area contributed by atoms with E-state index < -0.39 is 0 Å². The van der Waals surface area contributed by atoms with Crippen LogP contribution in [0.5, 0.6) is 0 Å². The molecule has 1 heterocycles. The van der Waals surface area contributed by atoms with Crippen LogP contribution in [0, 0.1) is 0 Å². The Morgan fingerprint density at radius 1 is 0.963 bits per heavy atom. The molecule has 1 aliphatic rings. The number of hydrogen-bond acceptors (Lipinski definition) is 3. The molecule has 0 N–H and O–H groups in total. The van der Waals surface area contributed by atoms with Crippen molar-refractivity contribution in [2.45, 2.75) is 39.0 Å². The summed E-state index contributed by atoms with van der Waals surface area (Å²) in [4.78, 5) is 29.6. The molecular weight excluding hydrogens is 356 g/mol. The molecule has 2 aromatic rings. The maximum atomic E-state index is 12.8. The Morgan fingerprint density at radius 2 is 1.63 bits per heavy atom. The van der Waals surface area contributed by atoms with Gasteiger partial charge in [0.25, 0.3) is 11.8 Å². The Labute approximate surface area is 165 Å². The molecule has 0 aliphatic heterocycles. The molecule has 1 aliphatic carbocycles. The van der Waals surface area contributed by atoms with Gasteiger partial charge in [-0.3, -0.25) is 9.59 Å². The van der Waals surface area contributed by atoms with Crippen LogP contribution in [0.1, 0.15) is 56.5 Å². The molecule has 0 saturated heterocycles. The number of benzene rings is 1. The fourth-order valence-corrected chi connectivity index (χ4v) is 4.55. The van der Waals surface area contributed by atoms with Crippen LogP contribution in [-0.2, 0) is 19.3 Å². The van der Waals surface area contributed by atoms with E-state index in [9.17, 15) is 9.59 Å². The standard InChI is InChI=1S/C22H28N2O2S/c1-4-16-11-14-27-20(16)22(26)24(3)13-12-23(2)21(25)19-10-9-17-7-5-6-8-18(17)15-19/h9-11,14-15H,4-8,12-13H2,1-3H3. The lowest BCUT2D eigenvalue weighted by atomic mass is 9.90. The van der Waals surface area contributed by atoms with Gasteiger partial charge in [-0.25, -0.2) is 0 Å². The summed E-state index contributed by atoms with van der Waals surface area (Å²) in [6.07, 6.45) is 5.49. The molecule has 5 heteroatoms. The first-order valence-corrected chi connectivity index (χ1v) is 10.6. The van der Waals surface area contributed by atoms with Crippen molar-refractivity contribution in [3.63, 3.8) is 0 Å². The second-order valence-electron chi connectivity index (χ2n) is 7.27. The summed E-state index contributed by atoms with van der Waals surface area (Å²) < 4.78 is 0. The molecular formula is C22H28N2O2S. The zero-order valence-electron chi connectivity index (χ0n) is 16.5. The molecule has 4 nitrogen and oxygen atoms in total. The molecule has 144 valence electrons. The lowest BCUT2D eigenvalue weighted by Crippen LogP contribution is -2.37. The summed E-state index contributed by atoms with van der Waals surface area (Å²) in [5.74, 6) is 0.0612. The largest absolute Gasteiger partial charge is 0.340 e. The highest BCUT2D eigenvalue weighted by Gasteiger charge is 2.19. The fraction of sp³-hybridized carbons (Fsp3) is 0.455. The zero-order valence-corrected chi connectivity index (χ0v) is 17.3. The van der Waals surface area contributed by atoms with E-state index in [-0.39, 0.29) is 11.8 Å². The van der Waals surface area contributed by atoms with E-state index in [0.717, 1.165) is 35.3 Å². The quantitative estimate of drug-likeness (QED) is 0.754. The highest BCUT2D eigenvalue weighted by Crippen LogP contribution is 2.23. The monoisotopic (exact) mass is 384 g/mol. The summed E-state index contributed by atoms with van der Waals surface area (Å²) in [5.41, 5.74) is 4.54. The number of rotatable bonds is 6. The van der Waals surface area contributed by atoms with Gasteiger partial charge in [0.05, 0.1) is 4.88 Å². The molecule has 0 unspecified atom stereocenters. The van der Waals surface area contributed by atoms with Crippen molar-refractivity contribution in [3.05, 3.63) is 56.8 Å². The van der Waals surface area contributed by atoms with Crippen LogP contribution in [0.4, 0.5) is 0 Å². The molecule has 27 heavy (non-hydrogen) atoms. The molecule has 0 fully saturated rings. The number of carbonyl (C=O) groups excluding carboxylic acids is 2. The van der Waals surface area contributed by atoms with Crippen molar-refractivity contribution in [2.24, 2.45) is 0 Å². The minimum atomic E-state index is 0.0228. The number of fused-ring (bicyclic) bond motifs is 1. The molecule has 1 aromatic carbocycles. The molecule has 0 bridgehead atoms. The number of thiophene rings is 1. The maximum Gasteiger partial charge on any atom is 0.264 e. The van der Waals surface area contributed by atoms with E-state index in [1.165, 1.54) is 35.3 Å². The second-order valence-corrected chi connectivity index (χ2v) is 8.19. The second kappa shape index (κ2) is 8.70. The highest BCUT2D eigenvalue weighted by atomic mass is 32.1. The van der Waals surface area contributed by atoms with Crippen LogP contribution in [0.2, 0.25) is 0 Å². The fourth-order valence-electron chi connectivity index (χ4n) is 3.57. The summed E-state index contributed by atoms with van der Waals surface area (Å²) in [7, 11) is 3.61. The molecule has 1 aromatic heterocycles. The number of nitrogens with zero attached hydrogens (tertiary/aromatic N) is 2. The predicted molar refractivity (Wildman–Crippen MR) is 111 cm³/mol. The number of hydrogen-bond donors (Lipinski definition) is 0. The third-order valence-electron chi connectivity index (χ3n) is 5.38. The van der Waals surface area contributed by atoms with Crippen LogP contribution < -0.4 is 0 Å². The van der Waals surface area contributed by atoms with Crippen molar-refractivity contribution in [3.8, 4) is 0 Å². The van der Waals surface area contributed by atoms with Gasteiger partial charge < -0.3 is 9.80 Å². The molecule has 3 rings (SSSR count). The normalized spacial score (nSPS) is 13.1. The Morgan fingerprint density at radius 3 is 2.33 bits per heavy atom. The topological polar surface area (TPSA) is 40.6 Å². The molecule has 0 atom stereocenters. The number of likely N-dealkylation sites (N-methyl/N-ethyl adjacent to an activating group) is 2. The van der Waals surface area contributed by atoms with Gasteiger partial charge in [0.15, 0.2) is 0 Å². The molecule has 2 amide bonds. The van der Waals surface area contributed by atoms with Crippen molar-refractivity contribution >= 4 is 23.2 Å². The Hall–Kier alpha value is -2.14. The van der Waals surface area contributed by atoms with Crippen LogP contribution in [0.25, 0.3) is 0 Å². The summed E-state index contributed by atoms with van der Waals surface area (Å²) in [6, 6.07) is 8.12. The van der Waals surface area contributed by atoms with Gasteiger partial charge in [-0.05, 0) is 72.4 Å². The van der Waals surface area contributed by atoms with E-state index in [4.69, 9.17) is 0 Å². The van der Waals surface area contributed by atoms with Gasteiger partial charge in [-0.2, -0.15) is 0 Å². The van der Waals surface area contributed by atoms with E-state index in [2.05, 4.69) is 19.1 Å².